The van der Waals surface area contributed by atoms with Gasteiger partial charge < -0.3 is 4.74 Å². The monoisotopic (exact) mass is 296 g/mol. The third-order valence-corrected chi connectivity index (χ3v) is 3.00. The van der Waals surface area contributed by atoms with Gasteiger partial charge in [-0.25, -0.2) is 0 Å². The van der Waals surface area contributed by atoms with Gasteiger partial charge in [0, 0.05) is 17.8 Å². The van der Waals surface area contributed by atoms with Gasteiger partial charge >= 0.3 is 6.36 Å². The number of hydrogen-bond donors (Lipinski definition) is 0. The first-order valence-corrected chi connectivity index (χ1v) is 6.23. The number of benzene rings is 1. The minimum atomic E-state index is -4.78. The Bertz CT molecular complexity index is 600. The van der Waals surface area contributed by atoms with Crippen LogP contribution < -0.4 is 4.74 Å². The topological polar surface area (TPSA) is 62.5 Å². The summed E-state index contributed by atoms with van der Waals surface area (Å²) in [5.74, 6) is -1.84. The van der Waals surface area contributed by atoms with Crippen molar-refractivity contribution in [2.75, 3.05) is 6.54 Å². The number of nitrogens with zero attached hydrogens (tertiary/aromatic N) is 2. The van der Waals surface area contributed by atoms with Crippen LogP contribution >= 0.6 is 0 Å². The minimum absolute atomic E-state index is 0.158. The maximum absolute atomic E-state index is 12.2. The fourth-order valence-corrected chi connectivity index (χ4v) is 2.07. The van der Waals surface area contributed by atoms with Crippen molar-refractivity contribution in [3.63, 3.8) is 0 Å². The predicted molar refractivity (Wildman–Crippen MR) is 68.1 cm³/mol. The Morgan fingerprint density at radius 2 is 2.00 bits per heavy atom. The van der Waals surface area contributed by atoms with Crippen LogP contribution in [0, 0.1) is 17.2 Å². The van der Waals surface area contributed by atoms with Crippen LogP contribution in [0.2, 0.25) is 0 Å². The summed E-state index contributed by atoms with van der Waals surface area (Å²) in [5.41, 5.74) is 0.698. The van der Waals surface area contributed by atoms with E-state index in [-0.39, 0.29) is 5.56 Å². The molecule has 0 radical (unpaired) electrons. The summed E-state index contributed by atoms with van der Waals surface area (Å²) in [4.78, 5) is 16.3. The van der Waals surface area contributed by atoms with Crippen molar-refractivity contribution >= 4 is 11.5 Å². The third kappa shape index (κ3) is 3.81. The number of nitriles is 1. The first-order valence-electron chi connectivity index (χ1n) is 6.23. The molecule has 1 aromatic rings. The Kier molecular flexibility index (Phi) is 4.26. The Labute approximate surface area is 118 Å². The second-order valence-corrected chi connectivity index (χ2v) is 4.48. The zero-order chi connectivity index (χ0) is 15.5. The van der Waals surface area contributed by atoms with Crippen molar-refractivity contribution in [2.45, 2.75) is 19.2 Å². The van der Waals surface area contributed by atoms with E-state index in [0.29, 0.717) is 18.7 Å². The zero-order valence-corrected chi connectivity index (χ0v) is 10.9. The average molecular weight is 296 g/mol. The maximum atomic E-state index is 12.2. The summed E-state index contributed by atoms with van der Waals surface area (Å²) in [6.07, 6.45) is -3.38. The highest BCUT2D eigenvalue weighted by molar-refractivity contribution is 6.14. The van der Waals surface area contributed by atoms with Crippen molar-refractivity contribution in [3.05, 3.63) is 29.8 Å². The molecular weight excluding hydrogens is 285 g/mol. The van der Waals surface area contributed by atoms with Crippen LogP contribution in [-0.4, -0.2) is 24.4 Å². The van der Waals surface area contributed by atoms with E-state index in [0.717, 1.165) is 18.6 Å². The molecule has 1 unspecified atom stereocenters. The summed E-state index contributed by atoms with van der Waals surface area (Å²) in [7, 11) is 0. The summed E-state index contributed by atoms with van der Waals surface area (Å²) in [6.45, 7) is 0.596. The van der Waals surface area contributed by atoms with Crippen molar-refractivity contribution in [3.8, 4) is 11.8 Å². The van der Waals surface area contributed by atoms with E-state index in [4.69, 9.17) is 5.26 Å². The van der Waals surface area contributed by atoms with E-state index < -0.39 is 23.8 Å². The van der Waals surface area contributed by atoms with Crippen LogP contribution in [0.3, 0.4) is 0 Å². The van der Waals surface area contributed by atoms with Gasteiger partial charge in [-0.1, -0.05) is 0 Å². The van der Waals surface area contributed by atoms with Crippen molar-refractivity contribution in [1.29, 1.82) is 5.26 Å². The number of carbonyl (C=O) groups excluding carboxylic acids is 1. The highest BCUT2D eigenvalue weighted by Gasteiger charge is 2.31. The molecule has 7 heteroatoms. The van der Waals surface area contributed by atoms with Gasteiger partial charge in [-0.15, -0.1) is 13.2 Å². The van der Waals surface area contributed by atoms with Crippen LogP contribution in [-0.2, 0) is 0 Å². The molecule has 1 heterocycles. The van der Waals surface area contributed by atoms with E-state index in [1.165, 1.54) is 12.1 Å². The number of ether oxygens (including phenoxy) is 1. The Hall–Kier alpha value is -2.36. The number of ketones is 1. The number of Topliss-reactive ketones (excluding diaryl/α,β-unsaturated/α-hetero) is 1. The smallest absolute Gasteiger partial charge is 0.406 e. The van der Waals surface area contributed by atoms with Crippen molar-refractivity contribution in [2.24, 2.45) is 10.9 Å². The van der Waals surface area contributed by atoms with Crippen molar-refractivity contribution < 1.29 is 22.7 Å². The first-order chi connectivity index (χ1) is 9.90. The lowest BCUT2D eigenvalue weighted by molar-refractivity contribution is -0.274. The summed E-state index contributed by atoms with van der Waals surface area (Å²) in [6, 6.07) is 6.42. The molecule has 0 N–H and O–H groups in total. The molecule has 0 fully saturated rings. The van der Waals surface area contributed by atoms with Crippen LogP contribution in [0.5, 0.6) is 5.75 Å². The molecular formula is C14H11F3N2O2. The molecule has 0 saturated carbocycles. The van der Waals surface area contributed by atoms with Gasteiger partial charge in [0.15, 0.2) is 5.78 Å². The van der Waals surface area contributed by atoms with E-state index >= 15 is 0 Å². The van der Waals surface area contributed by atoms with E-state index in [9.17, 15) is 18.0 Å². The second kappa shape index (κ2) is 5.95. The molecule has 0 amide bonds. The number of carbonyl (C=O) groups is 1. The fraction of sp³-hybridized carbons (Fsp3) is 0.357. The normalized spacial score (nSPS) is 16.0. The molecule has 0 spiro atoms. The maximum Gasteiger partial charge on any atom is 0.573 e. The molecule has 21 heavy (non-hydrogen) atoms. The molecule has 4 nitrogen and oxygen atoms in total. The summed E-state index contributed by atoms with van der Waals surface area (Å²) < 4.78 is 39.8. The van der Waals surface area contributed by atoms with Gasteiger partial charge in [0.05, 0.1) is 6.07 Å². The number of halogens is 3. The quantitative estimate of drug-likeness (QED) is 0.802. The van der Waals surface area contributed by atoms with E-state index in [2.05, 4.69) is 9.73 Å². The van der Waals surface area contributed by atoms with Gasteiger partial charge in [-0.05, 0) is 37.1 Å². The molecule has 0 bridgehead atoms. The lowest BCUT2D eigenvalue weighted by atomic mass is 9.93. The number of rotatable bonds is 4. The van der Waals surface area contributed by atoms with E-state index in [1.807, 2.05) is 6.07 Å². The molecule has 0 aliphatic carbocycles. The predicted octanol–water partition coefficient (Wildman–Crippen LogP) is 3.14. The Morgan fingerprint density at radius 3 is 2.48 bits per heavy atom. The molecule has 110 valence electrons. The number of aliphatic imine (C=N–C) groups is 1. The SMILES string of the molecule is N#CC(C(=O)c1ccc(OC(F)(F)F)cc1)C1=NCCC1. The highest BCUT2D eigenvalue weighted by Crippen LogP contribution is 2.24. The van der Waals surface area contributed by atoms with Gasteiger partial charge in [0.2, 0.25) is 0 Å². The fourth-order valence-electron chi connectivity index (χ4n) is 2.07. The van der Waals surface area contributed by atoms with Gasteiger partial charge in [-0.3, -0.25) is 9.79 Å². The highest BCUT2D eigenvalue weighted by atomic mass is 19.4. The summed E-state index contributed by atoms with van der Waals surface area (Å²) in [5, 5.41) is 9.10. The standard InChI is InChI=1S/C14H11F3N2O2/c15-14(16,17)21-10-5-3-9(4-6-10)13(20)11(8-18)12-2-1-7-19-12/h3-6,11H,1-2,7H2. The van der Waals surface area contributed by atoms with Gasteiger partial charge in [-0.2, -0.15) is 5.26 Å². The first kappa shape index (κ1) is 15.0. The molecule has 1 aliphatic rings. The van der Waals surface area contributed by atoms with Gasteiger partial charge in [0.25, 0.3) is 0 Å². The van der Waals surface area contributed by atoms with Gasteiger partial charge in [0.1, 0.15) is 11.7 Å². The molecule has 2 rings (SSSR count). The van der Waals surface area contributed by atoms with Crippen LogP contribution in [0.15, 0.2) is 29.3 Å². The van der Waals surface area contributed by atoms with E-state index in [1.54, 1.807) is 0 Å². The molecule has 1 atom stereocenters. The second-order valence-electron chi connectivity index (χ2n) is 4.48. The van der Waals surface area contributed by atoms with Crippen LogP contribution in [0.25, 0.3) is 0 Å². The average Bonchev–Trinajstić information content (AvgIpc) is 2.92. The largest absolute Gasteiger partial charge is 0.573 e. The lowest BCUT2D eigenvalue weighted by Gasteiger charge is -2.10. The third-order valence-electron chi connectivity index (χ3n) is 3.00. The Morgan fingerprint density at radius 1 is 1.33 bits per heavy atom. The number of alkyl halides is 3. The Balaban J connectivity index is 2.14. The van der Waals surface area contributed by atoms with Crippen LogP contribution in [0.4, 0.5) is 13.2 Å². The molecule has 1 aromatic carbocycles. The summed E-state index contributed by atoms with van der Waals surface area (Å²) >= 11 is 0. The zero-order valence-electron chi connectivity index (χ0n) is 10.9. The molecule has 0 saturated heterocycles. The van der Waals surface area contributed by atoms with Crippen LogP contribution in [0.1, 0.15) is 23.2 Å². The number of hydrogen-bond acceptors (Lipinski definition) is 4. The molecule has 0 aromatic heterocycles. The van der Waals surface area contributed by atoms with Crippen molar-refractivity contribution in [1.82, 2.24) is 0 Å². The molecule has 1 aliphatic heterocycles. The lowest BCUT2D eigenvalue weighted by Crippen LogP contribution is -2.21. The minimum Gasteiger partial charge on any atom is -0.406 e.